The van der Waals surface area contributed by atoms with E-state index in [0.717, 1.165) is 27.8 Å². The zero-order chi connectivity index (χ0) is 10.5. The van der Waals surface area contributed by atoms with Gasteiger partial charge in [-0.05, 0) is 18.2 Å². The largest absolute Gasteiger partial charge is 0.253 e. The van der Waals surface area contributed by atoms with Crippen molar-refractivity contribution in [3.05, 3.63) is 46.9 Å². The molecular weight excluding hydrogens is 218 g/mol. The van der Waals surface area contributed by atoms with Gasteiger partial charge in [0.25, 0.3) is 0 Å². The highest BCUT2D eigenvalue weighted by atomic mass is 32.2. The second kappa shape index (κ2) is 2.92. The van der Waals surface area contributed by atoms with Gasteiger partial charge in [0.2, 0.25) is 0 Å². The van der Waals surface area contributed by atoms with Crippen LogP contribution in [0, 0.1) is 0 Å². The van der Waals surface area contributed by atoms with Gasteiger partial charge in [-0.2, -0.15) is 0 Å². The number of benzene rings is 1. The number of hydrogen-bond donors (Lipinski definition) is 0. The van der Waals surface area contributed by atoms with Crippen LogP contribution in [0.1, 0.15) is 0 Å². The molecule has 0 fully saturated rings. The molecule has 0 amide bonds. The highest BCUT2D eigenvalue weighted by Gasteiger charge is 2.19. The summed E-state index contributed by atoms with van der Waals surface area (Å²) in [5, 5.41) is 2.20. The highest BCUT2D eigenvalue weighted by Crippen LogP contribution is 2.33. The molecule has 16 heavy (non-hydrogen) atoms. The van der Waals surface area contributed by atoms with Crippen molar-refractivity contribution in [2.75, 3.05) is 5.75 Å². The first kappa shape index (κ1) is 8.47. The molecule has 76 valence electrons. The molecule has 0 radical (unpaired) electrons. The summed E-state index contributed by atoms with van der Waals surface area (Å²) in [6, 6.07) is 4.01. The third kappa shape index (κ3) is 0.971. The Morgan fingerprint density at radius 1 is 1.12 bits per heavy atom. The molecule has 0 bridgehead atoms. The van der Waals surface area contributed by atoms with Crippen molar-refractivity contribution < 1.29 is 0 Å². The van der Waals surface area contributed by atoms with Crippen LogP contribution in [0.5, 0.6) is 0 Å². The lowest BCUT2D eigenvalue weighted by Gasteiger charge is -1.96. The topological polar surface area (TPSA) is 38.1 Å². The SMILES string of the molecule is C1=C2N=c3ccc4nccnc4c3=C2SC1. The molecule has 3 nitrogen and oxygen atoms in total. The fraction of sp³-hybridized carbons (Fsp3) is 0.0833. The van der Waals surface area contributed by atoms with E-state index in [4.69, 9.17) is 0 Å². The summed E-state index contributed by atoms with van der Waals surface area (Å²) >= 11 is 1.83. The molecule has 4 rings (SSSR count). The maximum atomic E-state index is 4.60. The predicted octanol–water partition coefficient (Wildman–Crippen LogP) is 1.00. The van der Waals surface area contributed by atoms with Crippen LogP contribution in [-0.4, -0.2) is 15.7 Å². The van der Waals surface area contributed by atoms with Crippen LogP contribution in [0.25, 0.3) is 15.9 Å². The summed E-state index contributed by atoms with van der Waals surface area (Å²) < 4.78 is 0. The summed E-state index contributed by atoms with van der Waals surface area (Å²) in [5.74, 6) is 1.02. The Labute approximate surface area is 95.6 Å². The molecule has 0 unspecified atom stereocenters. The molecule has 2 aliphatic rings. The lowest BCUT2D eigenvalue weighted by molar-refractivity contribution is 1.26. The van der Waals surface area contributed by atoms with Crippen LogP contribution in [-0.2, 0) is 0 Å². The summed E-state index contributed by atoms with van der Waals surface area (Å²) in [7, 11) is 0. The van der Waals surface area contributed by atoms with Gasteiger partial charge in [-0.25, -0.2) is 4.99 Å². The number of thioether (sulfide) groups is 1. The van der Waals surface area contributed by atoms with Crippen molar-refractivity contribution in [3.63, 3.8) is 0 Å². The minimum atomic E-state index is 0.942. The van der Waals surface area contributed by atoms with Gasteiger partial charge < -0.3 is 0 Å². The van der Waals surface area contributed by atoms with Crippen LogP contribution in [0.3, 0.4) is 0 Å². The average molecular weight is 225 g/mol. The first-order valence-electron chi connectivity index (χ1n) is 5.09. The summed E-state index contributed by atoms with van der Waals surface area (Å²) in [6.45, 7) is 0. The van der Waals surface area contributed by atoms with Gasteiger partial charge in [-0.15, -0.1) is 11.8 Å². The predicted molar refractivity (Wildman–Crippen MR) is 64.3 cm³/mol. The van der Waals surface area contributed by atoms with Gasteiger partial charge in [0.1, 0.15) is 0 Å². The van der Waals surface area contributed by atoms with Crippen molar-refractivity contribution >= 4 is 27.7 Å². The van der Waals surface area contributed by atoms with E-state index in [2.05, 4.69) is 21.0 Å². The number of nitrogens with zero attached hydrogens (tertiary/aromatic N) is 3. The van der Waals surface area contributed by atoms with E-state index in [0.29, 0.717) is 0 Å². The van der Waals surface area contributed by atoms with E-state index < -0.39 is 0 Å². The number of fused-ring (bicyclic) bond motifs is 4. The van der Waals surface area contributed by atoms with E-state index in [1.54, 1.807) is 12.4 Å². The fourth-order valence-corrected chi connectivity index (χ4v) is 3.17. The van der Waals surface area contributed by atoms with Gasteiger partial charge in [-0.1, -0.05) is 0 Å². The normalized spacial score (nSPS) is 17.0. The van der Waals surface area contributed by atoms with Gasteiger partial charge in [0, 0.05) is 28.3 Å². The Kier molecular flexibility index (Phi) is 1.54. The molecule has 0 spiro atoms. The third-order valence-electron chi connectivity index (χ3n) is 2.82. The third-order valence-corrected chi connectivity index (χ3v) is 3.86. The Balaban J connectivity index is 2.34. The van der Waals surface area contributed by atoms with E-state index in [9.17, 15) is 0 Å². The molecule has 0 aliphatic carbocycles. The lowest BCUT2D eigenvalue weighted by Crippen LogP contribution is -2.24. The van der Waals surface area contributed by atoms with Crippen molar-refractivity contribution in [2.45, 2.75) is 0 Å². The van der Waals surface area contributed by atoms with E-state index in [1.807, 2.05) is 23.9 Å². The molecule has 3 heterocycles. The Hall–Kier alpha value is -1.68. The van der Waals surface area contributed by atoms with Gasteiger partial charge in [0.05, 0.1) is 22.1 Å². The van der Waals surface area contributed by atoms with Gasteiger partial charge >= 0.3 is 0 Å². The van der Waals surface area contributed by atoms with Crippen molar-refractivity contribution in [1.29, 1.82) is 0 Å². The minimum Gasteiger partial charge on any atom is -0.253 e. The number of hydrogen-bond acceptors (Lipinski definition) is 4. The van der Waals surface area contributed by atoms with Crippen LogP contribution in [0.15, 0.2) is 41.3 Å². The van der Waals surface area contributed by atoms with Crippen LogP contribution >= 0.6 is 11.8 Å². The van der Waals surface area contributed by atoms with E-state index in [1.165, 1.54) is 10.1 Å². The monoisotopic (exact) mass is 225 g/mol. The fourth-order valence-electron chi connectivity index (χ4n) is 2.14. The molecule has 2 aliphatic heterocycles. The summed E-state index contributed by atoms with van der Waals surface area (Å²) in [6.07, 6.45) is 5.64. The summed E-state index contributed by atoms with van der Waals surface area (Å²) in [5.41, 5.74) is 3.02. The maximum absolute atomic E-state index is 4.60. The zero-order valence-electron chi connectivity index (χ0n) is 8.34. The second-order valence-electron chi connectivity index (χ2n) is 3.73. The second-order valence-corrected chi connectivity index (χ2v) is 4.76. The first-order chi connectivity index (χ1) is 7.93. The molecule has 0 saturated carbocycles. The van der Waals surface area contributed by atoms with Gasteiger partial charge in [-0.3, -0.25) is 9.97 Å². The zero-order valence-corrected chi connectivity index (χ0v) is 9.16. The standard InChI is InChI=1S/C12H7N3S/c1-2-8-11(14-5-4-13-8)10-7(1)15-9-3-6-16-12(9)10/h1-5H,6H2. The number of rotatable bonds is 0. The van der Waals surface area contributed by atoms with Crippen LogP contribution < -0.4 is 10.6 Å². The number of aromatic nitrogens is 2. The molecule has 0 N–H and O–H groups in total. The molecule has 1 aromatic carbocycles. The Bertz CT molecular complexity index is 761. The molecule has 4 heteroatoms. The minimum absolute atomic E-state index is 0.942. The highest BCUT2D eigenvalue weighted by molar-refractivity contribution is 8.08. The van der Waals surface area contributed by atoms with Crippen molar-refractivity contribution in [1.82, 2.24) is 9.97 Å². The smallest absolute Gasteiger partial charge is 0.0992 e. The average Bonchev–Trinajstić information content (AvgIpc) is 2.88. The first-order valence-corrected chi connectivity index (χ1v) is 6.08. The van der Waals surface area contributed by atoms with Crippen LogP contribution in [0.4, 0.5) is 0 Å². The molecular formula is C12H7N3S. The van der Waals surface area contributed by atoms with Crippen LogP contribution in [0.2, 0.25) is 0 Å². The van der Waals surface area contributed by atoms with E-state index in [-0.39, 0.29) is 0 Å². The molecule has 1 aromatic heterocycles. The van der Waals surface area contributed by atoms with Gasteiger partial charge in [0.15, 0.2) is 0 Å². The van der Waals surface area contributed by atoms with E-state index >= 15 is 0 Å². The molecule has 0 atom stereocenters. The molecule has 0 saturated heterocycles. The molecule has 2 aromatic rings. The maximum Gasteiger partial charge on any atom is 0.0992 e. The van der Waals surface area contributed by atoms with Crippen molar-refractivity contribution in [3.8, 4) is 0 Å². The summed E-state index contributed by atoms with van der Waals surface area (Å²) in [4.78, 5) is 14.6. The Morgan fingerprint density at radius 2 is 2.06 bits per heavy atom. The Morgan fingerprint density at radius 3 is 3.06 bits per heavy atom. The lowest BCUT2D eigenvalue weighted by atomic mass is 10.2. The quantitative estimate of drug-likeness (QED) is 0.671. The van der Waals surface area contributed by atoms with Crippen molar-refractivity contribution in [2.24, 2.45) is 4.99 Å².